The van der Waals surface area contributed by atoms with Gasteiger partial charge in [0.2, 0.25) is 0 Å². The summed E-state index contributed by atoms with van der Waals surface area (Å²) in [7, 11) is 0. The fraction of sp³-hybridized carbons (Fsp3) is 0.400. The summed E-state index contributed by atoms with van der Waals surface area (Å²) in [5, 5.41) is 12.9. The third-order valence-electron chi connectivity index (χ3n) is 3.94. The lowest BCUT2D eigenvalue weighted by Gasteiger charge is -2.24. The second-order valence-corrected chi connectivity index (χ2v) is 6.87. The number of hydrazine groups is 1. The minimum atomic E-state index is -0.285. The Bertz CT molecular complexity index is 628. The molecule has 3 rings (SSSR count). The Labute approximate surface area is 143 Å². The summed E-state index contributed by atoms with van der Waals surface area (Å²) >= 11 is 7.35. The van der Waals surface area contributed by atoms with Crippen molar-refractivity contribution in [3.8, 4) is 0 Å². The Balaban J connectivity index is 1.58. The van der Waals surface area contributed by atoms with E-state index in [1.807, 2.05) is 11.4 Å². The molecule has 8 heteroatoms. The van der Waals surface area contributed by atoms with Gasteiger partial charge in [0.15, 0.2) is 11.0 Å². The molecule has 2 aromatic rings. The average Bonchev–Trinajstić information content (AvgIpc) is 3.25. The molecule has 3 N–H and O–H groups in total. The normalized spacial score (nSPS) is 16.0. The third-order valence-corrected chi connectivity index (χ3v) is 5.10. The van der Waals surface area contributed by atoms with E-state index in [4.69, 9.17) is 11.6 Å². The summed E-state index contributed by atoms with van der Waals surface area (Å²) in [6.45, 7) is 0. The van der Waals surface area contributed by atoms with Crippen molar-refractivity contribution in [2.24, 2.45) is 5.92 Å². The van der Waals surface area contributed by atoms with Crippen LogP contribution in [0.4, 0.5) is 10.6 Å². The SMILES string of the molecule is O=C(NNc1ccc(Cl)nn1)NC(c1cccs1)C1CCCC1. The molecule has 2 heterocycles. The Kier molecular flexibility index (Phi) is 5.30. The van der Waals surface area contributed by atoms with E-state index in [-0.39, 0.29) is 12.1 Å². The predicted octanol–water partition coefficient (Wildman–Crippen LogP) is 3.75. The lowest BCUT2D eigenvalue weighted by molar-refractivity contribution is 0.233. The molecule has 2 aromatic heterocycles. The van der Waals surface area contributed by atoms with Crippen LogP contribution in [0.2, 0.25) is 5.15 Å². The van der Waals surface area contributed by atoms with Crippen LogP contribution in [0.1, 0.15) is 36.6 Å². The monoisotopic (exact) mass is 351 g/mol. The molecule has 1 atom stereocenters. The zero-order valence-corrected chi connectivity index (χ0v) is 14.0. The van der Waals surface area contributed by atoms with Crippen molar-refractivity contribution in [2.75, 3.05) is 5.43 Å². The average molecular weight is 352 g/mol. The second kappa shape index (κ2) is 7.61. The summed E-state index contributed by atoms with van der Waals surface area (Å²) in [6, 6.07) is 7.10. The van der Waals surface area contributed by atoms with Gasteiger partial charge in [0, 0.05) is 4.88 Å². The van der Waals surface area contributed by atoms with Crippen LogP contribution in [-0.4, -0.2) is 16.2 Å². The van der Waals surface area contributed by atoms with Crippen molar-refractivity contribution in [1.82, 2.24) is 20.9 Å². The molecule has 0 radical (unpaired) electrons. The molecule has 0 bridgehead atoms. The molecule has 23 heavy (non-hydrogen) atoms. The highest BCUT2D eigenvalue weighted by molar-refractivity contribution is 7.10. The maximum Gasteiger partial charge on any atom is 0.333 e. The van der Waals surface area contributed by atoms with E-state index in [1.54, 1.807) is 23.5 Å². The smallest absolute Gasteiger partial charge is 0.329 e. The van der Waals surface area contributed by atoms with Gasteiger partial charge in [0.1, 0.15) is 0 Å². The van der Waals surface area contributed by atoms with Crippen LogP contribution in [0.15, 0.2) is 29.6 Å². The predicted molar refractivity (Wildman–Crippen MR) is 91.4 cm³/mol. The number of nitrogens with one attached hydrogen (secondary N) is 3. The van der Waals surface area contributed by atoms with Crippen LogP contribution in [-0.2, 0) is 0 Å². The number of carbonyl (C=O) groups excluding carboxylic acids is 1. The number of rotatable bonds is 5. The van der Waals surface area contributed by atoms with Crippen LogP contribution in [0.3, 0.4) is 0 Å². The Morgan fingerprint density at radius 2 is 2.09 bits per heavy atom. The molecular formula is C15H18ClN5OS. The molecule has 6 nitrogen and oxygen atoms in total. The van der Waals surface area contributed by atoms with Gasteiger partial charge in [-0.3, -0.25) is 10.9 Å². The van der Waals surface area contributed by atoms with Gasteiger partial charge in [-0.25, -0.2) is 4.79 Å². The standard InChI is InChI=1S/C15H18ClN5OS/c16-12-7-8-13(19-18-12)20-21-15(22)17-14(10-4-1-2-5-10)11-6-3-9-23-11/h3,6-10,14H,1-2,4-5H2,(H,19,20)(H2,17,21,22). The molecule has 2 amide bonds. The van der Waals surface area contributed by atoms with Gasteiger partial charge in [0.05, 0.1) is 6.04 Å². The van der Waals surface area contributed by atoms with Crippen molar-refractivity contribution in [3.05, 3.63) is 39.7 Å². The first-order valence-corrected chi connectivity index (χ1v) is 8.83. The van der Waals surface area contributed by atoms with E-state index < -0.39 is 0 Å². The molecule has 0 spiro atoms. The Hall–Kier alpha value is -1.86. The molecule has 1 saturated carbocycles. The Morgan fingerprint density at radius 3 is 2.74 bits per heavy atom. The van der Waals surface area contributed by atoms with Gasteiger partial charge < -0.3 is 5.32 Å². The maximum atomic E-state index is 12.2. The first-order chi connectivity index (χ1) is 11.2. The molecule has 1 aliphatic rings. The van der Waals surface area contributed by atoms with Crippen molar-refractivity contribution in [1.29, 1.82) is 0 Å². The summed E-state index contributed by atoms with van der Waals surface area (Å²) in [5.41, 5.74) is 5.32. The van der Waals surface area contributed by atoms with Crippen LogP contribution < -0.4 is 16.2 Å². The van der Waals surface area contributed by atoms with Gasteiger partial charge in [-0.15, -0.1) is 21.5 Å². The minimum Gasteiger partial charge on any atom is -0.329 e. The van der Waals surface area contributed by atoms with Gasteiger partial charge >= 0.3 is 6.03 Å². The number of nitrogens with zero attached hydrogens (tertiary/aromatic N) is 2. The zero-order valence-electron chi connectivity index (χ0n) is 12.5. The molecule has 1 fully saturated rings. The number of thiophene rings is 1. The highest BCUT2D eigenvalue weighted by atomic mass is 35.5. The third kappa shape index (κ3) is 4.33. The molecule has 0 saturated heterocycles. The summed E-state index contributed by atoms with van der Waals surface area (Å²) in [6.07, 6.45) is 4.76. The molecular weight excluding hydrogens is 334 g/mol. The van der Waals surface area contributed by atoms with Crippen molar-refractivity contribution in [3.63, 3.8) is 0 Å². The highest BCUT2D eigenvalue weighted by Gasteiger charge is 2.28. The summed E-state index contributed by atoms with van der Waals surface area (Å²) in [4.78, 5) is 13.4. The number of carbonyl (C=O) groups is 1. The van der Waals surface area contributed by atoms with Gasteiger partial charge in [0.25, 0.3) is 0 Å². The maximum absolute atomic E-state index is 12.2. The molecule has 122 valence electrons. The first-order valence-electron chi connectivity index (χ1n) is 7.57. The number of hydrogen-bond acceptors (Lipinski definition) is 5. The van der Waals surface area contributed by atoms with Crippen molar-refractivity contribution >= 4 is 34.8 Å². The largest absolute Gasteiger partial charge is 0.333 e. The molecule has 0 aliphatic heterocycles. The molecule has 1 aliphatic carbocycles. The highest BCUT2D eigenvalue weighted by Crippen LogP contribution is 2.37. The summed E-state index contributed by atoms with van der Waals surface area (Å²) < 4.78 is 0. The number of halogens is 1. The number of anilines is 1. The van der Waals surface area contributed by atoms with Crippen LogP contribution in [0.25, 0.3) is 0 Å². The van der Waals surface area contributed by atoms with Crippen LogP contribution in [0, 0.1) is 5.92 Å². The van der Waals surface area contributed by atoms with E-state index in [0.717, 1.165) is 12.8 Å². The van der Waals surface area contributed by atoms with Crippen LogP contribution >= 0.6 is 22.9 Å². The lowest BCUT2D eigenvalue weighted by Crippen LogP contribution is -2.42. The number of aromatic nitrogens is 2. The fourth-order valence-electron chi connectivity index (χ4n) is 2.86. The molecule has 0 aromatic carbocycles. The van der Waals surface area contributed by atoms with Crippen molar-refractivity contribution in [2.45, 2.75) is 31.7 Å². The minimum absolute atomic E-state index is 0.0515. The van der Waals surface area contributed by atoms with E-state index in [2.05, 4.69) is 32.4 Å². The van der Waals surface area contributed by atoms with E-state index in [1.165, 1.54) is 17.7 Å². The van der Waals surface area contributed by atoms with E-state index >= 15 is 0 Å². The van der Waals surface area contributed by atoms with Crippen molar-refractivity contribution < 1.29 is 4.79 Å². The summed E-state index contributed by atoms with van der Waals surface area (Å²) in [5.74, 6) is 0.924. The quantitative estimate of drug-likeness (QED) is 0.717. The van der Waals surface area contributed by atoms with Crippen LogP contribution in [0.5, 0.6) is 0 Å². The number of amides is 2. The topological polar surface area (TPSA) is 78.9 Å². The number of hydrogen-bond donors (Lipinski definition) is 3. The Morgan fingerprint density at radius 1 is 1.26 bits per heavy atom. The first kappa shape index (κ1) is 16.0. The van der Waals surface area contributed by atoms with E-state index in [9.17, 15) is 4.79 Å². The fourth-order valence-corrected chi connectivity index (χ4v) is 3.83. The molecule has 1 unspecified atom stereocenters. The van der Waals surface area contributed by atoms with E-state index in [0.29, 0.717) is 16.9 Å². The number of urea groups is 1. The van der Waals surface area contributed by atoms with Gasteiger partial charge in [-0.2, -0.15) is 0 Å². The van der Waals surface area contributed by atoms with Gasteiger partial charge in [-0.05, 0) is 42.3 Å². The zero-order chi connectivity index (χ0) is 16.1. The van der Waals surface area contributed by atoms with Gasteiger partial charge in [-0.1, -0.05) is 30.5 Å². The lowest BCUT2D eigenvalue weighted by atomic mass is 9.97. The second-order valence-electron chi connectivity index (χ2n) is 5.50.